The molecule has 4 aromatic rings. The summed E-state index contributed by atoms with van der Waals surface area (Å²) in [5.74, 6) is 0.112. The second kappa shape index (κ2) is 11.7. The Morgan fingerprint density at radius 2 is 1.89 bits per heavy atom. The van der Waals surface area contributed by atoms with Crippen LogP contribution in [-0.4, -0.2) is 40.5 Å². The van der Waals surface area contributed by atoms with Crippen molar-refractivity contribution in [3.05, 3.63) is 82.9 Å². The molecule has 0 radical (unpaired) electrons. The van der Waals surface area contributed by atoms with Gasteiger partial charge in [-0.1, -0.05) is 47.6 Å². The number of imidazole rings is 1. The lowest BCUT2D eigenvalue weighted by Gasteiger charge is -2.09. The highest BCUT2D eigenvalue weighted by Crippen LogP contribution is 2.28. The summed E-state index contributed by atoms with van der Waals surface area (Å²) in [5.41, 5.74) is 6.12. The number of methoxy groups -OCH3 is 1. The summed E-state index contributed by atoms with van der Waals surface area (Å²) in [4.78, 5) is 28.3. The molecule has 10 heteroatoms. The minimum Gasteiger partial charge on any atom is -0.493 e. The van der Waals surface area contributed by atoms with Gasteiger partial charge in [-0.25, -0.2) is 10.4 Å². The van der Waals surface area contributed by atoms with Crippen LogP contribution in [0.2, 0.25) is 5.02 Å². The fourth-order valence-corrected chi connectivity index (χ4v) is 4.37. The molecule has 1 aromatic heterocycles. The maximum absolute atomic E-state index is 12.4. The Morgan fingerprint density at radius 1 is 1.11 bits per heavy atom. The molecule has 36 heavy (non-hydrogen) atoms. The number of rotatable bonds is 9. The first-order valence-electron chi connectivity index (χ1n) is 10.9. The molecule has 0 unspecified atom stereocenters. The van der Waals surface area contributed by atoms with Crippen molar-refractivity contribution in [1.29, 1.82) is 0 Å². The average Bonchev–Trinajstić information content (AvgIpc) is 3.22. The molecule has 0 spiro atoms. The summed E-state index contributed by atoms with van der Waals surface area (Å²) >= 11 is 7.36. The van der Waals surface area contributed by atoms with Crippen LogP contribution < -0.4 is 14.9 Å². The van der Waals surface area contributed by atoms with Gasteiger partial charge in [0.05, 0.1) is 36.7 Å². The molecule has 1 amide bonds. The lowest BCUT2D eigenvalue weighted by atomic mass is 10.2. The van der Waals surface area contributed by atoms with Gasteiger partial charge >= 0.3 is 5.97 Å². The molecular weight excluding hydrogens is 500 g/mol. The predicted octanol–water partition coefficient (Wildman–Crippen LogP) is 4.91. The summed E-state index contributed by atoms with van der Waals surface area (Å²) < 4.78 is 12.4. The molecule has 8 nitrogen and oxygen atoms in total. The van der Waals surface area contributed by atoms with Gasteiger partial charge in [0.15, 0.2) is 16.7 Å². The first-order valence-corrected chi connectivity index (χ1v) is 12.3. The number of carbonyl (C=O) groups is 2. The first kappa shape index (κ1) is 25.3. The number of hydrogen-bond acceptors (Lipinski definition) is 7. The number of carbonyl (C=O) groups excluding carboxylic acids is 2. The minimum absolute atomic E-state index is 0.135. The Hall–Kier alpha value is -3.82. The van der Waals surface area contributed by atoms with Crippen LogP contribution in [0.4, 0.5) is 0 Å². The lowest BCUT2D eigenvalue weighted by molar-refractivity contribution is -0.132. The van der Waals surface area contributed by atoms with Crippen LogP contribution in [0.15, 0.2) is 77.0 Å². The second-order valence-corrected chi connectivity index (χ2v) is 9.06. The maximum Gasteiger partial charge on any atom is 0.308 e. The van der Waals surface area contributed by atoms with E-state index in [-0.39, 0.29) is 11.7 Å². The van der Waals surface area contributed by atoms with Crippen molar-refractivity contribution < 1.29 is 19.1 Å². The van der Waals surface area contributed by atoms with E-state index in [1.165, 1.54) is 32.0 Å². The van der Waals surface area contributed by atoms with Crippen molar-refractivity contribution in [2.45, 2.75) is 18.6 Å². The van der Waals surface area contributed by atoms with Crippen LogP contribution in [0.1, 0.15) is 18.1 Å². The SMILES string of the molecule is COc1cc(/C=N/NC(=O)CSc2nc3ccccc3n2Cc2ccc(Cl)cc2)ccc1OC(C)=O. The molecule has 0 aliphatic rings. The first-order chi connectivity index (χ1) is 17.4. The van der Waals surface area contributed by atoms with Crippen LogP contribution in [0, 0.1) is 0 Å². The van der Waals surface area contributed by atoms with E-state index in [1.54, 1.807) is 18.2 Å². The van der Waals surface area contributed by atoms with Crippen LogP contribution in [-0.2, 0) is 16.1 Å². The highest BCUT2D eigenvalue weighted by atomic mass is 35.5. The molecule has 0 aliphatic carbocycles. The van der Waals surface area contributed by atoms with Gasteiger partial charge in [0.1, 0.15) is 0 Å². The average molecular weight is 523 g/mol. The van der Waals surface area contributed by atoms with E-state index >= 15 is 0 Å². The van der Waals surface area contributed by atoms with E-state index < -0.39 is 5.97 Å². The topological polar surface area (TPSA) is 94.8 Å². The van der Waals surface area contributed by atoms with Crippen molar-refractivity contribution in [3.63, 3.8) is 0 Å². The standard InChI is InChI=1S/C26H23ClN4O4S/c1-17(32)35-23-12-9-19(13-24(23)34-2)14-28-30-25(33)16-36-26-29-21-5-3-4-6-22(21)31(26)15-18-7-10-20(27)11-8-18/h3-14H,15-16H2,1-2H3,(H,30,33)/b28-14+. The van der Waals surface area contributed by atoms with Gasteiger partial charge < -0.3 is 14.0 Å². The number of ether oxygens (including phenoxy) is 2. The van der Waals surface area contributed by atoms with E-state index in [4.69, 9.17) is 26.1 Å². The maximum atomic E-state index is 12.4. The Kier molecular flexibility index (Phi) is 8.24. The number of benzene rings is 3. The van der Waals surface area contributed by atoms with Crippen molar-refractivity contribution in [2.24, 2.45) is 5.10 Å². The highest BCUT2D eigenvalue weighted by molar-refractivity contribution is 7.99. The zero-order chi connectivity index (χ0) is 25.5. The van der Waals surface area contributed by atoms with Crippen molar-refractivity contribution in [2.75, 3.05) is 12.9 Å². The molecule has 1 N–H and O–H groups in total. The Labute approximate surface area is 217 Å². The largest absolute Gasteiger partial charge is 0.493 e. The smallest absolute Gasteiger partial charge is 0.308 e. The Bertz CT molecular complexity index is 1420. The van der Waals surface area contributed by atoms with Crippen LogP contribution in [0.5, 0.6) is 11.5 Å². The molecule has 3 aromatic carbocycles. The molecule has 0 fully saturated rings. The Morgan fingerprint density at radius 3 is 2.64 bits per heavy atom. The summed E-state index contributed by atoms with van der Waals surface area (Å²) in [6.45, 7) is 1.92. The number of amides is 1. The quantitative estimate of drug-likeness (QED) is 0.110. The summed E-state index contributed by atoms with van der Waals surface area (Å²) in [5, 5.41) is 5.43. The summed E-state index contributed by atoms with van der Waals surface area (Å²) in [7, 11) is 1.47. The van der Waals surface area contributed by atoms with Gasteiger partial charge in [0.25, 0.3) is 5.91 Å². The number of nitrogens with one attached hydrogen (secondary N) is 1. The molecule has 0 saturated heterocycles. The van der Waals surface area contributed by atoms with Crippen LogP contribution in [0.25, 0.3) is 11.0 Å². The Balaban J connectivity index is 1.41. The van der Waals surface area contributed by atoms with E-state index in [0.29, 0.717) is 28.6 Å². The number of esters is 1. The number of fused-ring (bicyclic) bond motifs is 1. The number of thioether (sulfide) groups is 1. The van der Waals surface area contributed by atoms with Crippen LogP contribution in [0.3, 0.4) is 0 Å². The van der Waals surface area contributed by atoms with Gasteiger partial charge in [0.2, 0.25) is 0 Å². The van der Waals surface area contributed by atoms with Gasteiger partial charge in [-0.15, -0.1) is 0 Å². The molecule has 4 rings (SSSR count). The number of nitrogens with zero attached hydrogens (tertiary/aromatic N) is 3. The van der Waals surface area contributed by atoms with Crippen molar-refractivity contribution in [3.8, 4) is 11.5 Å². The highest BCUT2D eigenvalue weighted by Gasteiger charge is 2.13. The van der Waals surface area contributed by atoms with E-state index in [9.17, 15) is 9.59 Å². The third kappa shape index (κ3) is 6.44. The third-order valence-electron chi connectivity index (χ3n) is 5.05. The normalized spacial score (nSPS) is 11.1. The molecule has 0 saturated carbocycles. The predicted molar refractivity (Wildman–Crippen MR) is 141 cm³/mol. The molecular formula is C26H23ClN4O4S. The molecule has 0 atom stereocenters. The molecule has 0 bridgehead atoms. The number of hydrogen-bond donors (Lipinski definition) is 1. The third-order valence-corrected chi connectivity index (χ3v) is 6.28. The molecule has 184 valence electrons. The summed E-state index contributed by atoms with van der Waals surface area (Å²) in [6.07, 6.45) is 1.48. The lowest BCUT2D eigenvalue weighted by Crippen LogP contribution is -2.20. The number of halogens is 1. The van der Waals surface area contributed by atoms with Gasteiger partial charge in [-0.2, -0.15) is 5.10 Å². The number of aromatic nitrogens is 2. The van der Waals surface area contributed by atoms with Gasteiger partial charge in [-0.05, 0) is 53.6 Å². The van der Waals surface area contributed by atoms with E-state index in [1.807, 2.05) is 48.5 Å². The minimum atomic E-state index is -0.443. The molecule has 1 heterocycles. The van der Waals surface area contributed by atoms with E-state index in [2.05, 4.69) is 15.1 Å². The van der Waals surface area contributed by atoms with Crippen molar-refractivity contribution >= 4 is 52.5 Å². The van der Waals surface area contributed by atoms with Crippen molar-refractivity contribution in [1.82, 2.24) is 15.0 Å². The zero-order valence-corrected chi connectivity index (χ0v) is 21.2. The van der Waals surface area contributed by atoms with Gasteiger partial charge in [0, 0.05) is 11.9 Å². The fraction of sp³-hybridized carbons (Fsp3) is 0.154. The second-order valence-electron chi connectivity index (χ2n) is 7.68. The molecule has 0 aliphatic heterocycles. The zero-order valence-electron chi connectivity index (χ0n) is 19.6. The van der Waals surface area contributed by atoms with Gasteiger partial charge in [-0.3, -0.25) is 9.59 Å². The number of para-hydroxylation sites is 2. The number of hydrazone groups is 1. The monoisotopic (exact) mass is 522 g/mol. The summed E-state index contributed by atoms with van der Waals surface area (Å²) in [6, 6.07) is 20.5. The fourth-order valence-electron chi connectivity index (χ4n) is 3.43. The van der Waals surface area contributed by atoms with Crippen LogP contribution >= 0.6 is 23.4 Å². The van der Waals surface area contributed by atoms with E-state index in [0.717, 1.165) is 21.8 Å².